The number of hydrogen-bond donors (Lipinski definition) is 2. The minimum Gasteiger partial charge on any atom is -0.395 e. The van der Waals surface area contributed by atoms with Crippen molar-refractivity contribution >= 4 is 0 Å². The first kappa shape index (κ1) is 23.9. The normalized spacial score (nSPS) is 12.6. The average molecular weight is 342 g/mol. The van der Waals surface area contributed by atoms with Crippen LogP contribution >= 0.6 is 0 Å². The molecule has 0 aliphatic rings. The summed E-state index contributed by atoms with van der Waals surface area (Å²) in [6.07, 6.45) is 24.2. The van der Waals surface area contributed by atoms with Gasteiger partial charge in [-0.2, -0.15) is 0 Å². The van der Waals surface area contributed by atoms with Gasteiger partial charge >= 0.3 is 0 Å². The fourth-order valence-electron chi connectivity index (χ4n) is 3.41. The number of rotatable bonds is 20. The smallest absolute Gasteiger partial charge is 0.0556 e. The Morgan fingerprint density at radius 1 is 0.625 bits per heavy atom. The predicted octanol–water partition coefficient (Wildman–Crippen LogP) is 6.61. The Labute approximate surface area is 153 Å². The molecule has 0 aliphatic carbocycles. The SMILES string of the molecule is CCCCCCCCCCCCCCCCCCC(C)NCCO. The van der Waals surface area contributed by atoms with E-state index in [9.17, 15) is 0 Å². The van der Waals surface area contributed by atoms with Gasteiger partial charge in [-0.25, -0.2) is 0 Å². The van der Waals surface area contributed by atoms with Crippen LogP contribution in [0.15, 0.2) is 0 Å². The predicted molar refractivity (Wildman–Crippen MR) is 109 cm³/mol. The maximum absolute atomic E-state index is 8.77. The van der Waals surface area contributed by atoms with Crippen molar-refractivity contribution in [1.29, 1.82) is 0 Å². The molecule has 146 valence electrons. The quantitative estimate of drug-likeness (QED) is 0.244. The van der Waals surface area contributed by atoms with Crippen LogP contribution in [0.2, 0.25) is 0 Å². The summed E-state index contributed by atoms with van der Waals surface area (Å²) in [5, 5.41) is 12.1. The third-order valence-electron chi connectivity index (χ3n) is 5.10. The molecule has 0 aliphatic heterocycles. The highest BCUT2D eigenvalue weighted by atomic mass is 16.3. The van der Waals surface area contributed by atoms with Crippen LogP contribution in [-0.2, 0) is 0 Å². The molecule has 0 saturated carbocycles. The van der Waals surface area contributed by atoms with Crippen molar-refractivity contribution < 1.29 is 5.11 Å². The van der Waals surface area contributed by atoms with E-state index in [0.717, 1.165) is 6.54 Å². The number of hydrogen-bond acceptors (Lipinski definition) is 2. The molecule has 0 bridgehead atoms. The zero-order chi connectivity index (χ0) is 17.7. The molecule has 0 spiro atoms. The summed E-state index contributed by atoms with van der Waals surface area (Å²) in [7, 11) is 0. The van der Waals surface area contributed by atoms with E-state index >= 15 is 0 Å². The van der Waals surface area contributed by atoms with Gasteiger partial charge in [-0.1, -0.05) is 110 Å². The minimum absolute atomic E-state index is 0.253. The van der Waals surface area contributed by atoms with Crippen molar-refractivity contribution in [3.05, 3.63) is 0 Å². The molecule has 0 heterocycles. The van der Waals surface area contributed by atoms with Crippen LogP contribution in [0, 0.1) is 0 Å². The van der Waals surface area contributed by atoms with Crippen LogP contribution in [0.4, 0.5) is 0 Å². The molecule has 2 nitrogen and oxygen atoms in total. The Hall–Kier alpha value is -0.0800. The Kier molecular flexibility index (Phi) is 20.9. The van der Waals surface area contributed by atoms with Crippen LogP contribution in [0.1, 0.15) is 123 Å². The van der Waals surface area contributed by atoms with Crippen molar-refractivity contribution in [2.45, 2.75) is 129 Å². The second-order valence-corrected chi connectivity index (χ2v) is 7.67. The van der Waals surface area contributed by atoms with E-state index in [2.05, 4.69) is 19.2 Å². The summed E-state index contributed by atoms with van der Waals surface area (Å²) >= 11 is 0. The fourth-order valence-corrected chi connectivity index (χ4v) is 3.41. The highest BCUT2D eigenvalue weighted by molar-refractivity contribution is 4.60. The molecule has 0 amide bonds. The second kappa shape index (κ2) is 21.0. The molecule has 0 aromatic carbocycles. The van der Waals surface area contributed by atoms with Crippen LogP contribution in [0.5, 0.6) is 0 Å². The maximum atomic E-state index is 8.77. The zero-order valence-electron chi connectivity index (χ0n) is 17.0. The van der Waals surface area contributed by atoms with E-state index < -0.39 is 0 Å². The van der Waals surface area contributed by atoms with Crippen LogP contribution in [0.3, 0.4) is 0 Å². The first-order chi connectivity index (χ1) is 11.8. The first-order valence-electron chi connectivity index (χ1n) is 11.2. The van der Waals surface area contributed by atoms with Gasteiger partial charge in [0.15, 0.2) is 0 Å². The van der Waals surface area contributed by atoms with Crippen LogP contribution in [-0.4, -0.2) is 24.3 Å². The fraction of sp³-hybridized carbons (Fsp3) is 1.00. The van der Waals surface area contributed by atoms with E-state index in [1.165, 1.54) is 109 Å². The van der Waals surface area contributed by atoms with Gasteiger partial charge in [0.2, 0.25) is 0 Å². The molecule has 1 atom stereocenters. The van der Waals surface area contributed by atoms with Crippen LogP contribution in [0.25, 0.3) is 0 Å². The Bertz CT molecular complexity index is 220. The standard InChI is InChI=1S/C22H47NO/c1-3-4-5-6-7-8-9-10-11-12-13-14-15-16-17-18-19-22(2)23-20-21-24/h22-24H,3-21H2,1-2H3. The lowest BCUT2D eigenvalue weighted by atomic mass is 10.0. The number of unbranched alkanes of at least 4 members (excludes halogenated alkanes) is 15. The molecule has 0 rings (SSSR count). The number of nitrogens with one attached hydrogen (secondary N) is 1. The highest BCUT2D eigenvalue weighted by Crippen LogP contribution is 2.14. The summed E-state index contributed by atoms with van der Waals surface area (Å²) in [5.74, 6) is 0. The molecule has 24 heavy (non-hydrogen) atoms. The van der Waals surface area contributed by atoms with Gasteiger partial charge in [0.1, 0.15) is 0 Å². The van der Waals surface area contributed by atoms with Gasteiger partial charge in [-0.15, -0.1) is 0 Å². The molecule has 2 N–H and O–H groups in total. The Balaban J connectivity index is 3.02. The molecule has 0 aromatic heterocycles. The Morgan fingerprint density at radius 2 is 1.00 bits per heavy atom. The van der Waals surface area contributed by atoms with Crippen molar-refractivity contribution in [2.24, 2.45) is 0 Å². The molecular weight excluding hydrogens is 294 g/mol. The lowest BCUT2D eigenvalue weighted by Gasteiger charge is -2.12. The molecule has 0 radical (unpaired) electrons. The first-order valence-corrected chi connectivity index (χ1v) is 11.2. The van der Waals surface area contributed by atoms with E-state index in [0.29, 0.717) is 6.04 Å². The van der Waals surface area contributed by atoms with Crippen molar-refractivity contribution in [3.63, 3.8) is 0 Å². The van der Waals surface area contributed by atoms with Gasteiger partial charge in [0.05, 0.1) is 6.61 Å². The molecule has 0 fully saturated rings. The molecule has 2 heteroatoms. The van der Waals surface area contributed by atoms with Crippen molar-refractivity contribution in [3.8, 4) is 0 Å². The average Bonchev–Trinajstić information content (AvgIpc) is 2.59. The minimum atomic E-state index is 0.253. The monoisotopic (exact) mass is 341 g/mol. The van der Waals surface area contributed by atoms with Gasteiger partial charge in [-0.05, 0) is 13.3 Å². The van der Waals surface area contributed by atoms with E-state index in [-0.39, 0.29) is 6.61 Å². The van der Waals surface area contributed by atoms with E-state index in [4.69, 9.17) is 5.11 Å². The second-order valence-electron chi connectivity index (χ2n) is 7.67. The molecular formula is C22H47NO. The maximum Gasteiger partial charge on any atom is 0.0556 e. The van der Waals surface area contributed by atoms with Gasteiger partial charge < -0.3 is 10.4 Å². The summed E-state index contributed by atoms with van der Waals surface area (Å²) < 4.78 is 0. The number of aliphatic hydroxyl groups excluding tert-OH is 1. The third-order valence-corrected chi connectivity index (χ3v) is 5.10. The lowest BCUT2D eigenvalue weighted by molar-refractivity contribution is 0.283. The van der Waals surface area contributed by atoms with Crippen LogP contribution < -0.4 is 5.32 Å². The lowest BCUT2D eigenvalue weighted by Crippen LogP contribution is -2.28. The highest BCUT2D eigenvalue weighted by Gasteiger charge is 2.00. The van der Waals surface area contributed by atoms with Crippen molar-refractivity contribution in [2.75, 3.05) is 13.2 Å². The van der Waals surface area contributed by atoms with Gasteiger partial charge in [0, 0.05) is 12.6 Å². The number of aliphatic hydroxyl groups is 1. The Morgan fingerprint density at radius 3 is 1.38 bits per heavy atom. The van der Waals surface area contributed by atoms with E-state index in [1.807, 2.05) is 0 Å². The van der Waals surface area contributed by atoms with Gasteiger partial charge in [0.25, 0.3) is 0 Å². The summed E-state index contributed by atoms with van der Waals surface area (Å²) in [6, 6.07) is 0.559. The van der Waals surface area contributed by atoms with Crippen molar-refractivity contribution in [1.82, 2.24) is 5.32 Å². The summed E-state index contributed by atoms with van der Waals surface area (Å²) in [5.41, 5.74) is 0. The zero-order valence-corrected chi connectivity index (χ0v) is 17.0. The molecule has 1 unspecified atom stereocenters. The third kappa shape index (κ3) is 20.0. The largest absolute Gasteiger partial charge is 0.395 e. The topological polar surface area (TPSA) is 32.3 Å². The summed E-state index contributed by atoms with van der Waals surface area (Å²) in [4.78, 5) is 0. The van der Waals surface area contributed by atoms with Gasteiger partial charge in [-0.3, -0.25) is 0 Å². The molecule has 0 saturated heterocycles. The molecule has 0 aromatic rings. The summed E-state index contributed by atoms with van der Waals surface area (Å²) in [6.45, 7) is 5.50. The van der Waals surface area contributed by atoms with E-state index in [1.54, 1.807) is 0 Å².